The Morgan fingerprint density at radius 2 is 1.92 bits per heavy atom. The molecule has 1 aromatic carbocycles. The topological polar surface area (TPSA) is 64.0 Å². The molecule has 0 saturated heterocycles. The highest BCUT2D eigenvalue weighted by molar-refractivity contribution is 7.13. The third kappa shape index (κ3) is 4.46. The maximum atomic E-state index is 12.2. The van der Waals surface area contributed by atoms with Crippen LogP contribution >= 0.6 is 11.3 Å². The average Bonchev–Trinajstić information content (AvgIpc) is 3.13. The maximum Gasteiger partial charge on any atom is 0.266 e. The van der Waals surface area contributed by atoms with Gasteiger partial charge >= 0.3 is 0 Å². The molecule has 134 valence electrons. The minimum atomic E-state index is -0.133. The first-order valence-electron chi connectivity index (χ1n) is 8.51. The van der Waals surface area contributed by atoms with Gasteiger partial charge in [0.05, 0.1) is 4.88 Å². The van der Waals surface area contributed by atoms with Crippen LogP contribution in [0.5, 0.6) is 0 Å². The predicted octanol–water partition coefficient (Wildman–Crippen LogP) is 3.41. The van der Waals surface area contributed by atoms with E-state index in [0.29, 0.717) is 25.1 Å². The van der Waals surface area contributed by atoms with Crippen molar-refractivity contribution in [3.8, 4) is 10.6 Å². The van der Waals surface area contributed by atoms with Crippen molar-refractivity contribution in [2.75, 3.05) is 6.54 Å². The zero-order valence-corrected chi connectivity index (χ0v) is 15.7. The number of nitrogens with zero attached hydrogens (tertiary/aromatic N) is 2. The molecule has 0 aliphatic heterocycles. The van der Waals surface area contributed by atoms with E-state index in [1.165, 1.54) is 10.7 Å². The van der Waals surface area contributed by atoms with E-state index in [9.17, 15) is 9.59 Å². The van der Waals surface area contributed by atoms with Crippen molar-refractivity contribution in [3.63, 3.8) is 0 Å². The summed E-state index contributed by atoms with van der Waals surface area (Å²) < 4.78 is 1.46. The van der Waals surface area contributed by atoms with Gasteiger partial charge in [-0.1, -0.05) is 23.3 Å². The second-order valence-electron chi connectivity index (χ2n) is 6.24. The summed E-state index contributed by atoms with van der Waals surface area (Å²) >= 11 is 1.59. The van der Waals surface area contributed by atoms with Crippen molar-refractivity contribution < 1.29 is 4.79 Å². The number of hydrogen-bond donors (Lipinski definition) is 1. The number of aromatic nitrogens is 2. The van der Waals surface area contributed by atoms with Gasteiger partial charge in [-0.25, -0.2) is 4.68 Å². The van der Waals surface area contributed by atoms with Gasteiger partial charge in [0.1, 0.15) is 5.69 Å². The maximum absolute atomic E-state index is 12.2. The fourth-order valence-electron chi connectivity index (χ4n) is 2.80. The molecule has 1 N–H and O–H groups in total. The molecule has 0 spiro atoms. The molecule has 0 radical (unpaired) electrons. The lowest BCUT2D eigenvalue weighted by molar-refractivity contribution is 0.0952. The zero-order chi connectivity index (χ0) is 18.5. The minimum Gasteiger partial charge on any atom is -0.352 e. The summed E-state index contributed by atoms with van der Waals surface area (Å²) in [5.74, 6) is -0.0931. The number of thiophene rings is 1. The molecule has 0 unspecified atom stereocenters. The lowest BCUT2D eigenvalue weighted by Gasteiger charge is -2.08. The van der Waals surface area contributed by atoms with Crippen molar-refractivity contribution in [1.29, 1.82) is 0 Å². The van der Waals surface area contributed by atoms with E-state index < -0.39 is 0 Å². The molecule has 1 amide bonds. The van der Waals surface area contributed by atoms with E-state index in [0.717, 1.165) is 21.7 Å². The number of carbonyl (C=O) groups excluding carboxylic acids is 1. The lowest BCUT2D eigenvalue weighted by Crippen LogP contribution is -2.28. The molecule has 26 heavy (non-hydrogen) atoms. The molecule has 3 aromatic rings. The highest BCUT2D eigenvalue weighted by Crippen LogP contribution is 2.21. The predicted molar refractivity (Wildman–Crippen MR) is 105 cm³/mol. The molecule has 0 aliphatic rings. The normalized spacial score (nSPS) is 10.7. The Hall–Kier alpha value is -2.73. The molecule has 0 aliphatic carbocycles. The highest BCUT2D eigenvalue weighted by Gasteiger charge is 2.07. The van der Waals surface area contributed by atoms with Crippen LogP contribution < -0.4 is 10.9 Å². The van der Waals surface area contributed by atoms with Crippen molar-refractivity contribution in [3.05, 3.63) is 74.9 Å². The van der Waals surface area contributed by atoms with E-state index in [1.54, 1.807) is 17.4 Å². The lowest BCUT2D eigenvalue weighted by atomic mass is 10.1. The van der Waals surface area contributed by atoms with Gasteiger partial charge in [-0.2, -0.15) is 5.10 Å². The van der Waals surface area contributed by atoms with E-state index in [2.05, 4.69) is 10.4 Å². The standard InChI is InChI=1S/C20H21N3O2S/c1-14-11-15(2)13-16(12-14)20(25)21-8-4-9-23-19(24)7-6-17(22-23)18-5-3-10-26-18/h3,5-7,10-13H,4,8-9H2,1-2H3,(H,21,25). The van der Waals surface area contributed by atoms with E-state index in [1.807, 2.05) is 49.6 Å². The van der Waals surface area contributed by atoms with Crippen LogP contribution in [0.4, 0.5) is 0 Å². The summed E-state index contributed by atoms with van der Waals surface area (Å²) in [4.78, 5) is 25.3. The quantitative estimate of drug-likeness (QED) is 0.679. The number of aryl methyl sites for hydroxylation is 3. The van der Waals surface area contributed by atoms with Gasteiger partial charge in [0.2, 0.25) is 0 Å². The Labute approximate surface area is 156 Å². The Kier molecular flexibility index (Phi) is 5.63. The summed E-state index contributed by atoms with van der Waals surface area (Å²) in [7, 11) is 0. The zero-order valence-electron chi connectivity index (χ0n) is 14.9. The van der Waals surface area contributed by atoms with Crippen LogP contribution in [0.15, 0.2) is 52.6 Å². The third-order valence-electron chi connectivity index (χ3n) is 3.96. The summed E-state index contributed by atoms with van der Waals surface area (Å²) in [6.45, 7) is 4.90. The largest absolute Gasteiger partial charge is 0.352 e. The highest BCUT2D eigenvalue weighted by atomic mass is 32.1. The number of carbonyl (C=O) groups is 1. The monoisotopic (exact) mass is 367 g/mol. The SMILES string of the molecule is Cc1cc(C)cc(C(=O)NCCCn2nc(-c3cccs3)ccc2=O)c1. The molecule has 0 saturated carbocycles. The van der Waals surface area contributed by atoms with Crippen molar-refractivity contribution in [2.24, 2.45) is 0 Å². The molecule has 6 heteroatoms. The van der Waals surface area contributed by atoms with Crippen LogP contribution in [0.25, 0.3) is 10.6 Å². The summed E-state index contributed by atoms with van der Waals surface area (Å²) in [5, 5.41) is 9.30. The van der Waals surface area contributed by atoms with E-state index in [4.69, 9.17) is 0 Å². The first kappa shape index (κ1) is 18.1. The molecule has 0 fully saturated rings. The second kappa shape index (κ2) is 8.10. The first-order valence-corrected chi connectivity index (χ1v) is 9.39. The van der Waals surface area contributed by atoms with Crippen LogP contribution in [0, 0.1) is 13.8 Å². The minimum absolute atomic E-state index is 0.0931. The Balaban J connectivity index is 1.57. The van der Waals surface area contributed by atoms with E-state index in [-0.39, 0.29) is 11.5 Å². The smallest absolute Gasteiger partial charge is 0.266 e. The molecule has 3 rings (SSSR count). The van der Waals surface area contributed by atoms with Gasteiger partial charge in [-0.15, -0.1) is 11.3 Å². The molecule has 0 atom stereocenters. The first-order chi connectivity index (χ1) is 12.5. The summed E-state index contributed by atoms with van der Waals surface area (Å²) in [5.41, 5.74) is 3.45. The van der Waals surface area contributed by atoms with Crippen molar-refractivity contribution in [2.45, 2.75) is 26.8 Å². The van der Waals surface area contributed by atoms with Gasteiger partial charge in [0.15, 0.2) is 0 Å². The molecular weight excluding hydrogens is 346 g/mol. The Morgan fingerprint density at radius 3 is 2.62 bits per heavy atom. The van der Waals surface area contributed by atoms with E-state index >= 15 is 0 Å². The van der Waals surface area contributed by atoms with Crippen molar-refractivity contribution >= 4 is 17.2 Å². The van der Waals surface area contributed by atoms with Crippen LogP contribution in [-0.2, 0) is 6.54 Å². The average molecular weight is 367 g/mol. The molecule has 2 heterocycles. The summed E-state index contributed by atoms with van der Waals surface area (Å²) in [6, 6.07) is 13.0. The second-order valence-corrected chi connectivity index (χ2v) is 7.19. The number of hydrogen-bond acceptors (Lipinski definition) is 4. The van der Waals surface area contributed by atoms with Gasteiger partial charge in [-0.3, -0.25) is 9.59 Å². The van der Waals surface area contributed by atoms with Gasteiger partial charge in [0, 0.05) is 24.7 Å². The summed E-state index contributed by atoms with van der Waals surface area (Å²) in [6.07, 6.45) is 0.636. The van der Waals surface area contributed by atoms with Gasteiger partial charge in [-0.05, 0) is 49.9 Å². The number of nitrogens with one attached hydrogen (secondary N) is 1. The van der Waals surface area contributed by atoms with Gasteiger partial charge < -0.3 is 5.32 Å². The Morgan fingerprint density at radius 1 is 1.15 bits per heavy atom. The number of amides is 1. The van der Waals surface area contributed by atoms with Crippen LogP contribution in [0.2, 0.25) is 0 Å². The number of rotatable bonds is 6. The third-order valence-corrected chi connectivity index (χ3v) is 4.85. The fourth-order valence-corrected chi connectivity index (χ4v) is 3.49. The molecule has 0 bridgehead atoms. The fraction of sp³-hybridized carbons (Fsp3) is 0.250. The molecule has 2 aromatic heterocycles. The molecular formula is C20H21N3O2S. The van der Waals surface area contributed by atoms with Crippen LogP contribution in [0.3, 0.4) is 0 Å². The van der Waals surface area contributed by atoms with Crippen molar-refractivity contribution in [1.82, 2.24) is 15.1 Å². The van der Waals surface area contributed by atoms with Crippen LogP contribution in [-0.4, -0.2) is 22.2 Å². The number of benzene rings is 1. The molecule has 5 nitrogen and oxygen atoms in total. The van der Waals surface area contributed by atoms with Gasteiger partial charge in [0.25, 0.3) is 11.5 Å². The Bertz CT molecular complexity index is 941. The van der Waals surface area contributed by atoms with Crippen LogP contribution in [0.1, 0.15) is 27.9 Å².